The van der Waals surface area contributed by atoms with Gasteiger partial charge in [0.25, 0.3) is 5.91 Å². The second-order valence-corrected chi connectivity index (χ2v) is 6.78. The third-order valence-electron chi connectivity index (χ3n) is 3.63. The van der Waals surface area contributed by atoms with Crippen molar-refractivity contribution >= 4 is 44.8 Å². The van der Waals surface area contributed by atoms with E-state index in [0.717, 1.165) is 10.2 Å². The number of ketones is 1. The molecular formula is C19H13ClN2O2S. The Morgan fingerprint density at radius 1 is 1.20 bits per heavy atom. The van der Waals surface area contributed by atoms with E-state index in [4.69, 9.17) is 18.0 Å². The maximum Gasteiger partial charge on any atom is 0.279 e. The minimum atomic E-state index is -0.390. The van der Waals surface area contributed by atoms with E-state index in [1.807, 2.05) is 12.1 Å². The summed E-state index contributed by atoms with van der Waals surface area (Å²) in [4.78, 5) is 28.5. The standard InChI is InChI=1S/C19H13ClN2O2S/c1-3-10-22-16-9-8-15(20)11-17(16)25-19(22)21-18(24)14-6-4-13(5-7-14)12(2)23/h1,4-9,11H,10H2,2H3. The highest BCUT2D eigenvalue weighted by Gasteiger charge is 2.10. The average Bonchev–Trinajstić information content (AvgIpc) is 2.91. The molecule has 1 amide bonds. The molecule has 0 N–H and O–H groups in total. The number of thiazole rings is 1. The highest BCUT2D eigenvalue weighted by atomic mass is 35.5. The fraction of sp³-hybridized carbons (Fsp3) is 0.105. The Hall–Kier alpha value is -2.68. The van der Waals surface area contributed by atoms with E-state index in [-0.39, 0.29) is 5.78 Å². The molecule has 0 aliphatic rings. The van der Waals surface area contributed by atoms with Crippen molar-refractivity contribution in [2.75, 3.05) is 0 Å². The van der Waals surface area contributed by atoms with E-state index in [2.05, 4.69) is 10.9 Å². The van der Waals surface area contributed by atoms with E-state index in [1.165, 1.54) is 18.3 Å². The predicted molar refractivity (Wildman–Crippen MR) is 100.0 cm³/mol. The smallest absolute Gasteiger partial charge is 0.279 e. The summed E-state index contributed by atoms with van der Waals surface area (Å²) < 4.78 is 2.71. The number of nitrogens with zero attached hydrogens (tertiary/aromatic N) is 2. The molecule has 0 saturated heterocycles. The Morgan fingerprint density at radius 3 is 2.52 bits per heavy atom. The molecule has 0 aliphatic heterocycles. The number of Topliss-reactive ketones (excluding diaryl/α,β-unsaturated/α-hetero) is 1. The number of hydrogen-bond acceptors (Lipinski definition) is 3. The van der Waals surface area contributed by atoms with Gasteiger partial charge >= 0.3 is 0 Å². The number of halogens is 1. The first-order valence-corrected chi connectivity index (χ1v) is 8.61. The van der Waals surface area contributed by atoms with Crippen molar-refractivity contribution < 1.29 is 9.59 Å². The third kappa shape index (κ3) is 3.55. The summed E-state index contributed by atoms with van der Waals surface area (Å²) in [5, 5.41) is 0.610. The molecule has 0 bridgehead atoms. The van der Waals surface area contributed by atoms with Crippen LogP contribution in [0.5, 0.6) is 0 Å². The van der Waals surface area contributed by atoms with E-state index >= 15 is 0 Å². The maximum absolute atomic E-state index is 12.5. The van der Waals surface area contributed by atoms with Crippen LogP contribution >= 0.6 is 22.9 Å². The van der Waals surface area contributed by atoms with Gasteiger partial charge in [0, 0.05) is 16.1 Å². The van der Waals surface area contributed by atoms with Crippen LogP contribution in [0.4, 0.5) is 0 Å². The van der Waals surface area contributed by atoms with Gasteiger partial charge in [-0.3, -0.25) is 9.59 Å². The third-order valence-corrected chi connectivity index (χ3v) is 4.91. The molecule has 0 unspecified atom stereocenters. The Labute approximate surface area is 153 Å². The first-order chi connectivity index (χ1) is 12.0. The van der Waals surface area contributed by atoms with Crippen LogP contribution in [0.2, 0.25) is 5.02 Å². The monoisotopic (exact) mass is 368 g/mol. The van der Waals surface area contributed by atoms with Crippen LogP contribution in [-0.4, -0.2) is 16.3 Å². The van der Waals surface area contributed by atoms with Gasteiger partial charge in [-0.2, -0.15) is 4.99 Å². The number of amides is 1. The van der Waals surface area contributed by atoms with E-state index in [9.17, 15) is 9.59 Å². The van der Waals surface area contributed by atoms with Crippen molar-refractivity contribution in [2.45, 2.75) is 13.5 Å². The van der Waals surface area contributed by atoms with Crippen LogP contribution in [0.3, 0.4) is 0 Å². The fourth-order valence-corrected chi connectivity index (χ4v) is 3.68. The lowest BCUT2D eigenvalue weighted by atomic mass is 10.1. The zero-order chi connectivity index (χ0) is 18.0. The molecule has 0 spiro atoms. The highest BCUT2D eigenvalue weighted by molar-refractivity contribution is 7.16. The Balaban J connectivity index is 2.08. The summed E-state index contributed by atoms with van der Waals surface area (Å²) in [6.45, 7) is 1.78. The van der Waals surface area contributed by atoms with Crippen molar-refractivity contribution in [1.82, 2.24) is 4.57 Å². The van der Waals surface area contributed by atoms with Gasteiger partial charge in [0.05, 0.1) is 16.8 Å². The van der Waals surface area contributed by atoms with E-state index in [0.29, 0.717) is 27.5 Å². The van der Waals surface area contributed by atoms with Crippen molar-refractivity contribution in [3.8, 4) is 12.3 Å². The number of aromatic nitrogens is 1. The Kier molecular flexibility index (Phi) is 4.84. The average molecular weight is 369 g/mol. The second-order valence-electron chi connectivity index (χ2n) is 5.34. The second kappa shape index (κ2) is 7.06. The van der Waals surface area contributed by atoms with Crippen LogP contribution in [-0.2, 0) is 6.54 Å². The van der Waals surface area contributed by atoms with Gasteiger partial charge in [0.15, 0.2) is 10.6 Å². The number of carbonyl (C=O) groups excluding carboxylic acids is 2. The molecule has 1 heterocycles. The van der Waals surface area contributed by atoms with Gasteiger partial charge in [-0.1, -0.05) is 41.0 Å². The summed E-state index contributed by atoms with van der Waals surface area (Å²) in [7, 11) is 0. The van der Waals surface area contributed by atoms with Crippen LogP contribution in [0, 0.1) is 12.3 Å². The van der Waals surface area contributed by atoms with Gasteiger partial charge in [-0.05, 0) is 37.3 Å². The summed E-state index contributed by atoms with van der Waals surface area (Å²) in [6, 6.07) is 11.9. The van der Waals surface area contributed by atoms with Crippen LogP contribution in [0.15, 0.2) is 47.5 Å². The van der Waals surface area contributed by atoms with Crippen molar-refractivity contribution in [3.05, 3.63) is 63.4 Å². The number of rotatable bonds is 3. The Bertz CT molecular complexity index is 1090. The summed E-state index contributed by atoms with van der Waals surface area (Å²) in [5.41, 5.74) is 1.84. The molecule has 0 atom stereocenters. The maximum atomic E-state index is 12.5. The topological polar surface area (TPSA) is 51.4 Å². The van der Waals surface area contributed by atoms with E-state index < -0.39 is 5.91 Å². The zero-order valence-electron chi connectivity index (χ0n) is 13.3. The summed E-state index contributed by atoms with van der Waals surface area (Å²) in [5.74, 6) is 2.14. The number of terminal acetylenes is 1. The number of hydrogen-bond donors (Lipinski definition) is 0. The Morgan fingerprint density at radius 2 is 1.88 bits per heavy atom. The molecule has 124 valence electrons. The van der Waals surface area contributed by atoms with Crippen molar-refractivity contribution in [2.24, 2.45) is 4.99 Å². The number of fused-ring (bicyclic) bond motifs is 1. The zero-order valence-corrected chi connectivity index (χ0v) is 14.9. The highest BCUT2D eigenvalue weighted by Crippen LogP contribution is 2.22. The quantitative estimate of drug-likeness (QED) is 0.519. The molecule has 1 aromatic heterocycles. The number of carbonyl (C=O) groups is 2. The molecule has 4 nitrogen and oxygen atoms in total. The fourth-order valence-electron chi connectivity index (χ4n) is 2.38. The SMILES string of the molecule is C#CCn1c(=NC(=O)c2ccc(C(C)=O)cc2)sc2cc(Cl)ccc21. The number of benzene rings is 2. The van der Waals surface area contributed by atoms with Gasteiger partial charge in [-0.15, -0.1) is 6.42 Å². The molecule has 0 saturated carbocycles. The molecule has 25 heavy (non-hydrogen) atoms. The summed E-state index contributed by atoms with van der Waals surface area (Å²) >= 11 is 7.38. The van der Waals surface area contributed by atoms with E-state index in [1.54, 1.807) is 34.9 Å². The molecule has 3 aromatic rings. The molecule has 0 radical (unpaired) electrons. The van der Waals surface area contributed by atoms with Gasteiger partial charge in [0.1, 0.15) is 0 Å². The van der Waals surface area contributed by atoms with Crippen LogP contribution in [0.25, 0.3) is 10.2 Å². The lowest BCUT2D eigenvalue weighted by molar-refractivity contribution is 0.0991. The molecular weight excluding hydrogens is 356 g/mol. The van der Waals surface area contributed by atoms with Gasteiger partial charge in [0.2, 0.25) is 0 Å². The van der Waals surface area contributed by atoms with Crippen molar-refractivity contribution in [1.29, 1.82) is 0 Å². The van der Waals surface area contributed by atoms with Crippen LogP contribution < -0.4 is 4.80 Å². The first-order valence-electron chi connectivity index (χ1n) is 7.42. The molecule has 0 fully saturated rings. The first kappa shape index (κ1) is 17.2. The lowest BCUT2D eigenvalue weighted by Crippen LogP contribution is -2.16. The lowest BCUT2D eigenvalue weighted by Gasteiger charge is -2.00. The van der Waals surface area contributed by atoms with Gasteiger partial charge < -0.3 is 4.57 Å². The molecule has 6 heteroatoms. The molecule has 2 aromatic carbocycles. The molecule has 3 rings (SSSR count). The predicted octanol–water partition coefficient (Wildman–Crippen LogP) is 3.93. The summed E-state index contributed by atoms with van der Waals surface area (Å²) in [6.07, 6.45) is 5.45. The minimum absolute atomic E-state index is 0.0517. The minimum Gasteiger partial charge on any atom is -0.305 e. The molecule has 0 aliphatic carbocycles. The van der Waals surface area contributed by atoms with Crippen LogP contribution in [0.1, 0.15) is 27.6 Å². The van der Waals surface area contributed by atoms with Gasteiger partial charge in [-0.25, -0.2) is 0 Å². The largest absolute Gasteiger partial charge is 0.305 e. The van der Waals surface area contributed by atoms with Crippen molar-refractivity contribution in [3.63, 3.8) is 0 Å². The normalized spacial score (nSPS) is 11.5.